The van der Waals surface area contributed by atoms with Crippen molar-refractivity contribution in [3.05, 3.63) is 76.5 Å². The number of phenolic OH excluding ortho intramolecular Hbond substituents is 1. The van der Waals surface area contributed by atoms with Crippen molar-refractivity contribution in [3.63, 3.8) is 0 Å². The average molecular weight is 333 g/mol. The van der Waals surface area contributed by atoms with Crippen LogP contribution in [-0.4, -0.2) is 16.1 Å². The van der Waals surface area contributed by atoms with Gasteiger partial charge < -0.3 is 14.3 Å². The monoisotopic (exact) mass is 333 g/mol. The highest BCUT2D eigenvalue weighted by Gasteiger charge is 2.19. The summed E-state index contributed by atoms with van der Waals surface area (Å²) >= 11 is 0. The molecule has 25 heavy (non-hydrogen) atoms. The Labute approximate surface area is 141 Å². The number of hydrogen-bond donors (Lipinski definition) is 1. The maximum Gasteiger partial charge on any atom is 0.343 e. The van der Waals surface area contributed by atoms with Crippen LogP contribution in [0.1, 0.15) is 10.4 Å². The Hall–Kier alpha value is -3.67. The Morgan fingerprint density at radius 1 is 1.04 bits per heavy atom. The molecule has 0 spiro atoms. The number of ether oxygens (including phenoxy) is 1. The van der Waals surface area contributed by atoms with Crippen LogP contribution in [0.5, 0.6) is 11.5 Å². The molecule has 1 heterocycles. The van der Waals surface area contributed by atoms with Crippen molar-refractivity contribution in [1.82, 2.24) is 4.98 Å². The van der Waals surface area contributed by atoms with Gasteiger partial charge in [0.15, 0.2) is 22.5 Å². The number of rotatable bonds is 2. The number of esters is 1. The van der Waals surface area contributed by atoms with Gasteiger partial charge in [0.25, 0.3) is 0 Å². The standard InChI is InChI=1S/C19H11NO5/c21-12-6-7-14-15(8-12)24-16-9-13(22)10-17(18(16)20-14)25-19(23)11-4-2-1-3-5-11/h1-10,21H. The molecule has 0 radical (unpaired) electrons. The number of carbonyl (C=O) groups excluding carboxylic acids is 1. The molecule has 0 aromatic heterocycles. The predicted molar refractivity (Wildman–Crippen MR) is 90.0 cm³/mol. The molecule has 2 aromatic carbocycles. The van der Waals surface area contributed by atoms with E-state index in [9.17, 15) is 14.7 Å². The third-order valence-electron chi connectivity index (χ3n) is 3.62. The van der Waals surface area contributed by atoms with Crippen LogP contribution in [-0.2, 0) is 0 Å². The van der Waals surface area contributed by atoms with E-state index in [4.69, 9.17) is 9.15 Å². The fourth-order valence-electron chi connectivity index (χ4n) is 2.47. The third-order valence-corrected chi connectivity index (χ3v) is 3.62. The van der Waals surface area contributed by atoms with Crippen molar-refractivity contribution < 1.29 is 19.1 Å². The molecular formula is C19H11NO5. The Morgan fingerprint density at radius 2 is 1.84 bits per heavy atom. The molecule has 1 aliphatic carbocycles. The molecule has 0 amide bonds. The number of fused-ring (bicyclic) bond motifs is 2. The SMILES string of the molecule is O=C(Oc1cc(=O)cc2oc3cc(O)ccc3nc1-2)c1ccccc1. The molecule has 0 unspecified atom stereocenters. The first kappa shape index (κ1) is 14.9. The maximum absolute atomic E-state index is 12.3. The predicted octanol–water partition coefficient (Wildman–Crippen LogP) is 3.22. The first-order chi connectivity index (χ1) is 12.1. The Bertz CT molecular complexity index is 1120. The second kappa shape index (κ2) is 5.76. The van der Waals surface area contributed by atoms with Gasteiger partial charge in [-0.2, -0.15) is 0 Å². The molecule has 0 bridgehead atoms. The van der Waals surface area contributed by atoms with Crippen LogP contribution in [0.4, 0.5) is 0 Å². The summed E-state index contributed by atoms with van der Waals surface area (Å²) in [4.78, 5) is 28.5. The summed E-state index contributed by atoms with van der Waals surface area (Å²) < 4.78 is 11.0. The molecule has 0 atom stereocenters. The summed E-state index contributed by atoms with van der Waals surface area (Å²) in [6.07, 6.45) is 0. The highest BCUT2D eigenvalue weighted by atomic mass is 16.5. The molecule has 4 rings (SSSR count). The number of carbonyl (C=O) groups is 1. The van der Waals surface area contributed by atoms with E-state index >= 15 is 0 Å². The van der Waals surface area contributed by atoms with Gasteiger partial charge in [0.1, 0.15) is 17.0 Å². The smallest absolute Gasteiger partial charge is 0.343 e. The lowest BCUT2D eigenvalue weighted by atomic mass is 10.2. The van der Waals surface area contributed by atoms with Gasteiger partial charge in [0.05, 0.1) is 5.56 Å². The lowest BCUT2D eigenvalue weighted by Gasteiger charge is -2.11. The van der Waals surface area contributed by atoms with Gasteiger partial charge in [-0.15, -0.1) is 0 Å². The summed E-state index contributed by atoms with van der Waals surface area (Å²) in [5, 5.41) is 9.54. The molecule has 1 N–H and O–H groups in total. The van der Waals surface area contributed by atoms with Gasteiger partial charge in [-0.3, -0.25) is 4.79 Å². The summed E-state index contributed by atoms with van der Waals surface area (Å²) in [6.45, 7) is 0. The van der Waals surface area contributed by atoms with Crippen molar-refractivity contribution in [2.24, 2.45) is 0 Å². The van der Waals surface area contributed by atoms with Gasteiger partial charge in [-0.05, 0) is 24.3 Å². The van der Waals surface area contributed by atoms with Crippen LogP contribution in [0.15, 0.2) is 69.9 Å². The molecule has 122 valence electrons. The highest BCUT2D eigenvalue weighted by Crippen LogP contribution is 2.32. The fraction of sp³-hybridized carbons (Fsp3) is 0. The van der Waals surface area contributed by atoms with Crippen LogP contribution >= 0.6 is 0 Å². The minimum atomic E-state index is -0.597. The second-order valence-corrected chi connectivity index (χ2v) is 5.39. The van der Waals surface area contributed by atoms with E-state index in [1.165, 1.54) is 24.3 Å². The van der Waals surface area contributed by atoms with Gasteiger partial charge in [-0.1, -0.05) is 18.2 Å². The van der Waals surface area contributed by atoms with Crippen molar-refractivity contribution >= 4 is 17.1 Å². The minimum absolute atomic E-state index is 0.0198. The third kappa shape index (κ3) is 2.81. The fourth-order valence-corrected chi connectivity index (χ4v) is 2.47. The van der Waals surface area contributed by atoms with Crippen LogP contribution in [0.25, 0.3) is 22.6 Å². The van der Waals surface area contributed by atoms with E-state index in [0.29, 0.717) is 16.7 Å². The largest absolute Gasteiger partial charge is 0.508 e. The normalized spacial score (nSPS) is 10.9. The lowest BCUT2D eigenvalue weighted by Crippen LogP contribution is -2.12. The summed E-state index contributed by atoms with van der Waals surface area (Å²) in [7, 11) is 0. The number of phenols is 1. The highest BCUT2D eigenvalue weighted by molar-refractivity contribution is 5.92. The molecule has 2 aliphatic rings. The Kier molecular flexibility index (Phi) is 3.43. The second-order valence-electron chi connectivity index (χ2n) is 5.39. The first-order valence-corrected chi connectivity index (χ1v) is 7.45. The first-order valence-electron chi connectivity index (χ1n) is 7.45. The maximum atomic E-state index is 12.3. The van der Waals surface area contributed by atoms with E-state index < -0.39 is 5.97 Å². The zero-order valence-corrected chi connectivity index (χ0v) is 12.8. The molecule has 0 saturated carbocycles. The summed E-state index contributed by atoms with van der Waals surface area (Å²) in [6, 6.07) is 15.3. The van der Waals surface area contributed by atoms with Crippen molar-refractivity contribution in [1.29, 1.82) is 0 Å². The van der Waals surface area contributed by atoms with Crippen LogP contribution in [0.2, 0.25) is 0 Å². The van der Waals surface area contributed by atoms with Crippen molar-refractivity contribution in [3.8, 4) is 23.0 Å². The zero-order chi connectivity index (χ0) is 17.4. The van der Waals surface area contributed by atoms with Gasteiger partial charge in [0.2, 0.25) is 0 Å². The average Bonchev–Trinajstić information content (AvgIpc) is 2.61. The van der Waals surface area contributed by atoms with E-state index in [1.807, 2.05) is 0 Å². The molecular weight excluding hydrogens is 322 g/mol. The number of hydrogen-bond acceptors (Lipinski definition) is 6. The number of benzene rings is 3. The molecule has 6 nitrogen and oxygen atoms in total. The van der Waals surface area contributed by atoms with Crippen LogP contribution in [0.3, 0.4) is 0 Å². The number of aromatic hydroxyl groups is 1. The Morgan fingerprint density at radius 3 is 2.64 bits per heavy atom. The lowest BCUT2D eigenvalue weighted by molar-refractivity contribution is 0.0735. The van der Waals surface area contributed by atoms with Crippen LogP contribution in [0, 0.1) is 0 Å². The molecule has 2 aromatic rings. The minimum Gasteiger partial charge on any atom is -0.508 e. The van der Waals surface area contributed by atoms with E-state index in [2.05, 4.69) is 4.98 Å². The Balaban J connectivity index is 1.85. The number of nitrogens with zero attached hydrogens (tertiary/aromatic N) is 1. The van der Waals surface area contributed by atoms with Gasteiger partial charge in [0, 0.05) is 18.2 Å². The van der Waals surface area contributed by atoms with Crippen molar-refractivity contribution in [2.45, 2.75) is 0 Å². The van der Waals surface area contributed by atoms with E-state index in [1.54, 1.807) is 36.4 Å². The molecule has 1 aliphatic heterocycles. The summed E-state index contributed by atoms with van der Waals surface area (Å²) in [5.74, 6) is -0.386. The molecule has 0 fully saturated rings. The van der Waals surface area contributed by atoms with Gasteiger partial charge >= 0.3 is 5.97 Å². The van der Waals surface area contributed by atoms with E-state index in [-0.39, 0.29) is 28.4 Å². The zero-order valence-electron chi connectivity index (χ0n) is 12.8. The quantitative estimate of drug-likeness (QED) is 0.344. The molecule has 6 heteroatoms. The van der Waals surface area contributed by atoms with Crippen molar-refractivity contribution in [2.75, 3.05) is 0 Å². The summed E-state index contributed by atoms with van der Waals surface area (Å²) in [5.41, 5.74) is 1.00. The molecule has 0 saturated heterocycles. The van der Waals surface area contributed by atoms with E-state index in [0.717, 1.165) is 0 Å². The topological polar surface area (TPSA) is 89.6 Å². The number of aromatic nitrogens is 1. The van der Waals surface area contributed by atoms with Gasteiger partial charge in [-0.25, -0.2) is 9.78 Å². The van der Waals surface area contributed by atoms with Crippen LogP contribution < -0.4 is 10.2 Å².